The molecular weight excluding hydrogens is 259 g/mol. The number of anilines is 1. The van der Waals surface area contributed by atoms with Crippen LogP contribution in [0.25, 0.3) is 0 Å². The predicted molar refractivity (Wildman–Crippen MR) is 72.8 cm³/mol. The average Bonchev–Trinajstić information content (AvgIpc) is 3.29. The summed E-state index contributed by atoms with van der Waals surface area (Å²) >= 11 is 0. The Labute approximate surface area is 116 Å². The highest BCUT2D eigenvalue weighted by Gasteiger charge is 2.39. The van der Waals surface area contributed by atoms with Crippen LogP contribution >= 0.6 is 0 Å². The van der Waals surface area contributed by atoms with Gasteiger partial charge in [-0.2, -0.15) is 0 Å². The minimum Gasteiger partial charge on any atom is -0.349 e. The van der Waals surface area contributed by atoms with Crippen LogP contribution < -0.4 is 10.6 Å². The third-order valence-electron chi connectivity index (χ3n) is 3.84. The molecule has 0 aliphatic heterocycles. The zero-order valence-electron chi connectivity index (χ0n) is 11.3. The van der Waals surface area contributed by atoms with Crippen molar-refractivity contribution in [2.75, 3.05) is 5.32 Å². The van der Waals surface area contributed by atoms with E-state index in [1.54, 1.807) is 0 Å². The van der Waals surface area contributed by atoms with Gasteiger partial charge in [-0.25, -0.2) is 4.39 Å². The Kier molecular flexibility index (Phi) is 3.20. The molecular formula is C15H17FN2O2. The Morgan fingerprint density at radius 2 is 2.00 bits per heavy atom. The van der Waals surface area contributed by atoms with E-state index < -0.39 is 5.82 Å². The number of nitrogens with one attached hydrogen (secondary N) is 2. The summed E-state index contributed by atoms with van der Waals surface area (Å²) in [5.41, 5.74) is 0.576. The van der Waals surface area contributed by atoms with Crippen LogP contribution in [0.15, 0.2) is 18.2 Å². The number of hydrogen-bond donors (Lipinski definition) is 2. The van der Waals surface area contributed by atoms with Crippen LogP contribution in [0, 0.1) is 17.7 Å². The zero-order valence-corrected chi connectivity index (χ0v) is 11.3. The first-order valence-electron chi connectivity index (χ1n) is 6.96. The van der Waals surface area contributed by atoms with Crippen LogP contribution in [0.1, 0.15) is 36.5 Å². The first-order valence-corrected chi connectivity index (χ1v) is 6.96. The van der Waals surface area contributed by atoms with Crippen LogP contribution in [-0.2, 0) is 4.79 Å². The summed E-state index contributed by atoms with van der Waals surface area (Å²) in [6.45, 7) is 2.01. The fraction of sp³-hybridized carbons (Fsp3) is 0.467. The molecule has 1 aromatic rings. The van der Waals surface area contributed by atoms with E-state index in [4.69, 9.17) is 0 Å². The Morgan fingerprint density at radius 3 is 2.60 bits per heavy atom. The number of carbonyl (C=O) groups excluding carboxylic acids is 2. The van der Waals surface area contributed by atoms with Crippen molar-refractivity contribution < 1.29 is 14.0 Å². The van der Waals surface area contributed by atoms with E-state index >= 15 is 0 Å². The molecule has 2 aliphatic rings. The number of benzene rings is 1. The topological polar surface area (TPSA) is 58.2 Å². The number of carbonyl (C=O) groups is 2. The van der Waals surface area contributed by atoms with Crippen molar-refractivity contribution in [3.05, 3.63) is 29.6 Å². The molecule has 0 heterocycles. The lowest BCUT2D eigenvalue weighted by molar-refractivity contribution is -0.117. The van der Waals surface area contributed by atoms with Crippen LogP contribution in [0.2, 0.25) is 0 Å². The van der Waals surface area contributed by atoms with Gasteiger partial charge >= 0.3 is 0 Å². The summed E-state index contributed by atoms with van der Waals surface area (Å²) in [5, 5.41) is 5.55. The van der Waals surface area contributed by atoms with Gasteiger partial charge in [0.15, 0.2) is 0 Å². The number of rotatable bonds is 4. The molecule has 0 bridgehead atoms. The van der Waals surface area contributed by atoms with E-state index in [0.29, 0.717) is 11.6 Å². The first kappa shape index (κ1) is 13.1. The minimum atomic E-state index is -0.483. The van der Waals surface area contributed by atoms with Crippen molar-refractivity contribution in [1.29, 1.82) is 0 Å². The molecule has 2 unspecified atom stereocenters. The predicted octanol–water partition coefficient (Wildman–Crippen LogP) is 2.31. The van der Waals surface area contributed by atoms with Crippen LogP contribution in [0.3, 0.4) is 0 Å². The second kappa shape index (κ2) is 4.89. The molecule has 0 saturated heterocycles. The molecule has 2 saturated carbocycles. The van der Waals surface area contributed by atoms with Gasteiger partial charge < -0.3 is 10.6 Å². The fourth-order valence-corrected chi connectivity index (χ4v) is 2.22. The van der Waals surface area contributed by atoms with Gasteiger partial charge in [0.2, 0.25) is 5.91 Å². The van der Waals surface area contributed by atoms with Gasteiger partial charge in [0.05, 0.1) is 11.3 Å². The van der Waals surface area contributed by atoms with Crippen molar-refractivity contribution in [3.8, 4) is 0 Å². The van der Waals surface area contributed by atoms with E-state index in [9.17, 15) is 14.0 Å². The highest BCUT2D eigenvalue weighted by atomic mass is 19.1. The molecule has 2 atom stereocenters. The molecule has 106 valence electrons. The molecule has 0 spiro atoms. The van der Waals surface area contributed by atoms with Crippen LogP contribution in [0.4, 0.5) is 10.1 Å². The van der Waals surface area contributed by atoms with Gasteiger partial charge in [0, 0.05) is 12.0 Å². The molecule has 2 fully saturated rings. The molecule has 0 radical (unpaired) electrons. The third kappa shape index (κ3) is 2.81. The smallest absolute Gasteiger partial charge is 0.253 e. The summed E-state index contributed by atoms with van der Waals surface area (Å²) in [6, 6.07) is 4.06. The van der Waals surface area contributed by atoms with Crippen molar-refractivity contribution in [3.63, 3.8) is 0 Å². The molecule has 2 aliphatic carbocycles. The van der Waals surface area contributed by atoms with E-state index in [2.05, 4.69) is 10.6 Å². The number of halogens is 1. The molecule has 5 heteroatoms. The summed E-state index contributed by atoms with van der Waals surface area (Å²) in [4.78, 5) is 24.0. The van der Waals surface area contributed by atoms with Gasteiger partial charge in [-0.15, -0.1) is 0 Å². The number of amides is 2. The maximum absolute atomic E-state index is 13.3. The minimum absolute atomic E-state index is 0.0133. The maximum atomic E-state index is 13.3. The molecule has 4 nitrogen and oxygen atoms in total. The Morgan fingerprint density at radius 1 is 1.30 bits per heavy atom. The van der Waals surface area contributed by atoms with Gasteiger partial charge in [-0.3, -0.25) is 9.59 Å². The van der Waals surface area contributed by atoms with Crippen molar-refractivity contribution in [2.24, 2.45) is 11.8 Å². The molecule has 2 amide bonds. The van der Waals surface area contributed by atoms with Crippen molar-refractivity contribution in [1.82, 2.24) is 5.32 Å². The van der Waals surface area contributed by atoms with Crippen molar-refractivity contribution >= 4 is 17.5 Å². The zero-order chi connectivity index (χ0) is 14.3. The SMILES string of the molecule is CC1CC1C(=O)Nc1ccc(F)cc1C(=O)NC1CC1. The molecule has 0 aromatic heterocycles. The maximum Gasteiger partial charge on any atom is 0.253 e. The Balaban J connectivity index is 1.77. The summed E-state index contributed by atoms with van der Waals surface area (Å²) in [7, 11) is 0. The van der Waals surface area contributed by atoms with E-state index in [-0.39, 0.29) is 29.3 Å². The monoisotopic (exact) mass is 276 g/mol. The van der Waals surface area contributed by atoms with E-state index in [1.165, 1.54) is 18.2 Å². The van der Waals surface area contributed by atoms with Crippen LogP contribution in [-0.4, -0.2) is 17.9 Å². The third-order valence-corrected chi connectivity index (χ3v) is 3.84. The second-order valence-electron chi connectivity index (χ2n) is 5.75. The standard InChI is InChI=1S/C15H17FN2O2/c1-8-6-11(8)14(19)18-13-5-2-9(16)7-12(13)15(20)17-10-3-4-10/h2,5,7-8,10-11H,3-4,6H2,1H3,(H,17,20)(H,18,19). The number of hydrogen-bond acceptors (Lipinski definition) is 2. The lowest BCUT2D eigenvalue weighted by Gasteiger charge is -2.11. The molecule has 1 aromatic carbocycles. The molecule has 20 heavy (non-hydrogen) atoms. The highest BCUT2D eigenvalue weighted by molar-refractivity contribution is 6.04. The molecule has 2 N–H and O–H groups in total. The first-order chi connectivity index (χ1) is 9.54. The molecule has 3 rings (SSSR count). The van der Waals surface area contributed by atoms with Crippen LogP contribution in [0.5, 0.6) is 0 Å². The van der Waals surface area contributed by atoms with Gasteiger partial charge in [0.1, 0.15) is 5.82 Å². The van der Waals surface area contributed by atoms with Gasteiger partial charge in [0.25, 0.3) is 5.91 Å². The fourth-order valence-electron chi connectivity index (χ4n) is 2.22. The Bertz CT molecular complexity index is 569. The van der Waals surface area contributed by atoms with Gasteiger partial charge in [-0.05, 0) is 43.4 Å². The largest absolute Gasteiger partial charge is 0.349 e. The quantitative estimate of drug-likeness (QED) is 0.886. The van der Waals surface area contributed by atoms with Crippen molar-refractivity contribution in [2.45, 2.75) is 32.2 Å². The lowest BCUT2D eigenvalue weighted by atomic mass is 10.1. The summed E-state index contributed by atoms with van der Waals surface area (Å²) in [6.07, 6.45) is 2.79. The summed E-state index contributed by atoms with van der Waals surface area (Å²) in [5.74, 6) is -0.502. The normalized spacial score (nSPS) is 24.1. The second-order valence-corrected chi connectivity index (χ2v) is 5.75. The average molecular weight is 276 g/mol. The highest BCUT2D eigenvalue weighted by Crippen LogP contribution is 2.38. The van der Waals surface area contributed by atoms with E-state index in [1.807, 2.05) is 6.92 Å². The Hall–Kier alpha value is -1.91. The summed E-state index contributed by atoms with van der Waals surface area (Å²) < 4.78 is 13.3. The van der Waals surface area contributed by atoms with E-state index in [0.717, 1.165) is 19.3 Å². The van der Waals surface area contributed by atoms with Gasteiger partial charge in [-0.1, -0.05) is 6.92 Å². The lowest BCUT2D eigenvalue weighted by Crippen LogP contribution is -2.27.